The Morgan fingerprint density at radius 1 is 1.37 bits per heavy atom. The number of imide groups is 1. The number of nitrogens with two attached hydrogens (primary N) is 1. The SMILES string of the molecule is N[C@H](CC1CC1)C(=O)NC(=O)C1C[C@@H](F)CN1Cc1cc(Cl)ccc1-n1cncn1. The van der Waals surface area contributed by atoms with Crippen molar-refractivity contribution in [3.05, 3.63) is 41.4 Å². The van der Waals surface area contributed by atoms with Crippen molar-refractivity contribution in [2.45, 2.75) is 50.5 Å². The van der Waals surface area contributed by atoms with Crippen LogP contribution >= 0.6 is 11.6 Å². The maximum Gasteiger partial charge on any atom is 0.244 e. The fourth-order valence-corrected chi connectivity index (χ4v) is 4.06. The van der Waals surface area contributed by atoms with Gasteiger partial charge in [-0.25, -0.2) is 14.1 Å². The zero-order valence-corrected chi connectivity index (χ0v) is 17.1. The average molecular weight is 435 g/mol. The summed E-state index contributed by atoms with van der Waals surface area (Å²) < 4.78 is 15.8. The van der Waals surface area contributed by atoms with E-state index in [1.54, 1.807) is 34.1 Å². The van der Waals surface area contributed by atoms with Gasteiger partial charge in [-0.15, -0.1) is 0 Å². The van der Waals surface area contributed by atoms with Crippen LogP contribution in [0.2, 0.25) is 5.02 Å². The molecular weight excluding hydrogens is 411 g/mol. The molecule has 2 aromatic rings. The first-order valence-corrected chi connectivity index (χ1v) is 10.4. The number of amides is 2. The van der Waals surface area contributed by atoms with Crippen molar-refractivity contribution in [1.29, 1.82) is 0 Å². The standard InChI is InChI=1S/C20H24ClFN6O2/c21-14-3-4-17(28-11-24-10-25-28)13(6-14)8-27-9-15(22)7-18(27)20(30)26-19(29)16(23)5-12-1-2-12/h3-4,6,10-12,15-16,18H,1-2,5,7-9,23H2,(H,26,29,30)/t15-,16-,18?/m1/s1. The maximum absolute atomic E-state index is 14.2. The van der Waals surface area contributed by atoms with Gasteiger partial charge in [0.2, 0.25) is 11.8 Å². The third-order valence-electron chi connectivity index (χ3n) is 5.60. The van der Waals surface area contributed by atoms with Gasteiger partial charge >= 0.3 is 0 Å². The van der Waals surface area contributed by atoms with E-state index >= 15 is 0 Å². The minimum Gasteiger partial charge on any atom is -0.320 e. The van der Waals surface area contributed by atoms with E-state index < -0.39 is 30.1 Å². The number of carbonyl (C=O) groups is 2. The van der Waals surface area contributed by atoms with Gasteiger partial charge in [0.25, 0.3) is 0 Å². The Morgan fingerprint density at radius 3 is 2.87 bits per heavy atom. The van der Waals surface area contributed by atoms with Gasteiger partial charge in [-0.2, -0.15) is 5.10 Å². The molecule has 160 valence electrons. The summed E-state index contributed by atoms with van der Waals surface area (Å²) in [6, 6.07) is 3.80. The summed E-state index contributed by atoms with van der Waals surface area (Å²) in [5.41, 5.74) is 7.41. The van der Waals surface area contributed by atoms with Crippen molar-refractivity contribution in [2.75, 3.05) is 6.54 Å². The smallest absolute Gasteiger partial charge is 0.244 e. The van der Waals surface area contributed by atoms with Crippen LogP contribution in [0, 0.1) is 5.92 Å². The Morgan fingerprint density at radius 2 is 2.17 bits per heavy atom. The highest BCUT2D eigenvalue weighted by Gasteiger charge is 2.38. The van der Waals surface area contributed by atoms with E-state index in [0.29, 0.717) is 17.4 Å². The molecule has 1 aliphatic heterocycles. The van der Waals surface area contributed by atoms with E-state index in [9.17, 15) is 14.0 Å². The van der Waals surface area contributed by atoms with Gasteiger partial charge in [0.05, 0.1) is 17.8 Å². The number of rotatable bonds is 7. The minimum absolute atomic E-state index is 0.0240. The van der Waals surface area contributed by atoms with Crippen LogP contribution in [0.4, 0.5) is 4.39 Å². The van der Waals surface area contributed by atoms with Crippen molar-refractivity contribution in [2.24, 2.45) is 11.7 Å². The molecule has 8 nitrogen and oxygen atoms in total. The maximum atomic E-state index is 14.2. The highest BCUT2D eigenvalue weighted by atomic mass is 35.5. The van der Waals surface area contributed by atoms with Crippen LogP contribution < -0.4 is 11.1 Å². The van der Waals surface area contributed by atoms with Crippen molar-refractivity contribution in [1.82, 2.24) is 25.0 Å². The van der Waals surface area contributed by atoms with E-state index in [2.05, 4.69) is 15.4 Å². The summed E-state index contributed by atoms with van der Waals surface area (Å²) in [5.74, 6) is -0.548. The molecule has 3 N–H and O–H groups in total. The second kappa shape index (κ2) is 8.79. The van der Waals surface area contributed by atoms with Crippen LogP contribution in [-0.4, -0.2) is 56.3 Å². The van der Waals surface area contributed by atoms with Crippen molar-refractivity contribution in [3.8, 4) is 5.69 Å². The first-order chi connectivity index (χ1) is 14.4. The molecule has 0 radical (unpaired) electrons. The zero-order valence-electron chi connectivity index (χ0n) is 16.4. The highest BCUT2D eigenvalue weighted by molar-refractivity contribution is 6.30. The minimum atomic E-state index is -1.16. The number of hydrogen-bond donors (Lipinski definition) is 2. The van der Waals surface area contributed by atoms with Gasteiger partial charge in [-0.05, 0) is 36.1 Å². The number of alkyl halides is 1. The van der Waals surface area contributed by atoms with Crippen LogP contribution in [0.5, 0.6) is 0 Å². The molecule has 0 spiro atoms. The van der Waals surface area contributed by atoms with E-state index in [4.69, 9.17) is 17.3 Å². The summed E-state index contributed by atoms with van der Waals surface area (Å²) in [5, 5.41) is 7.04. The van der Waals surface area contributed by atoms with Crippen LogP contribution in [0.3, 0.4) is 0 Å². The predicted octanol–water partition coefficient (Wildman–Crippen LogP) is 1.60. The molecule has 0 bridgehead atoms. The summed E-state index contributed by atoms with van der Waals surface area (Å²) in [4.78, 5) is 30.7. The first kappa shape index (κ1) is 20.9. The lowest BCUT2D eigenvalue weighted by Crippen LogP contribution is -2.50. The molecule has 2 amide bonds. The number of likely N-dealkylation sites (tertiary alicyclic amines) is 1. The molecule has 1 aliphatic carbocycles. The Bertz CT molecular complexity index is 920. The molecule has 1 unspecified atom stereocenters. The average Bonchev–Trinajstić information content (AvgIpc) is 3.20. The summed E-state index contributed by atoms with van der Waals surface area (Å²) >= 11 is 6.17. The number of halogens is 2. The topological polar surface area (TPSA) is 106 Å². The number of hydrogen-bond acceptors (Lipinski definition) is 6. The molecule has 2 heterocycles. The second-order valence-corrected chi connectivity index (χ2v) is 8.47. The van der Waals surface area contributed by atoms with Crippen molar-refractivity contribution < 1.29 is 14.0 Å². The molecule has 3 atom stereocenters. The molecule has 2 fully saturated rings. The number of nitrogens with one attached hydrogen (secondary N) is 1. The largest absolute Gasteiger partial charge is 0.320 e. The van der Waals surface area contributed by atoms with Crippen LogP contribution in [0.25, 0.3) is 5.69 Å². The normalized spacial score (nSPS) is 22.8. The van der Waals surface area contributed by atoms with E-state index in [-0.39, 0.29) is 19.5 Å². The third-order valence-corrected chi connectivity index (χ3v) is 5.84. The fraction of sp³-hybridized carbons (Fsp3) is 0.500. The van der Waals surface area contributed by atoms with Crippen LogP contribution in [0.1, 0.15) is 31.2 Å². The number of nitrogens with zero attached hydrogens (tertiary/aromatic N) is 4. The van der Waals surface area contributed by atoms with Gasteiger partial charge < -0.3 is 5.73 Å². The Kier molecular flexibility index (Phi) is 6.12. The molecule has 1 aromatic heterocycles. The first-order valence-electron chi connectivity index (χ1n) is 10.0. The molecular formula is C20H24ClFN6O2. The molecule has 2 aliphatic rings. The molecule has 10 heteroatoms. The fourth-order valence-electron chi connectivity index (χ4n) is 3.87. The van der Waals surface area contributed by atoms with Gasteiger partial charge in [0.1, 0.15) is 18.8 Å². The van der Waals surface area contributed by atoms with Gasteiger partial charge in [-0.3, -0.25) is 19.8 Å². The number of aromatic nitrogens is 3. The second-order valence-electron chi connectivity index (χ2n) is 8.03. The monoisotopic (exact) mass is 434 g/mol. The van der Waals surface area contributed by atoms with E-state index in [1.165, 1.54) is 6.33 Å². The van der Waals surface area contributed by atoms with Crippen LogP contribution in [0.15, 0.2) is 30.9 Å². The Hall–Kier alpha value is -2.36. The van der Waals surface area contributed by atoms with Crippen molar-refractivity contribution >= 4 is 23.4 Å². The summed E-state index contributed by atoms with van der Waals surface area (Å²) in [7, 11) is 0. The van der Waals surface area contributed by atoms with Gasteiger partial charge in [-0.1, -0.05) is 24.4 Å². The lowest BCUT2D eigenvalue weighted by atomic mass is 10.1. The molecule has 1 aromatic carbocycles. The van der Waals surface area contributed by atoms with Crippen molar-refractivity contribution in [3.63, 3.8) is 0 Å². The third kappa shape index (κ3) is 4.85. The lowest BCUT2D eigenvalue weighted by Gasteiger charge is -2.24. The molecule has 30 heavy (non-hydrogen) atoms. The number of benzene rings is 1. The van der Waals surface area contributed by atoms with Crippen LogP contribution in [-0.2, 0) is 16.1 Å². The van der Waals surface area contributed by atoms with E-state index in [1.807, 2.05) is 0 Å². The molecule has 1 saturated heterocycles. The predicted molar refractivity (Wildman–Crippen MR) is 109 cm³/mol. The Labute approximate surface area is 178 Å². The molecule has 4 rings (SSSR count). The summed E-state index contributed by atoms with van der Waals surface area (Å²) in [6.07, 6.45) is 4.55. The van der Waals surface area contributed by atoms with Gasteiger partial charge in [0.15, 0.2) is 0 Å². The van der Waals surface area contributed by atoms with Gasteiger partial charge in [0, 0.05) is 24.5 Å². The lowest BCUT2D eigenvalue weighted by molar-refractivity contribution is -0.134. The quantitative estimate of drug-likeness (QED) is 0.685. The highest BCUT2D eigenvalue weighted by Crippen LogP contribution is 2.33. The summed E-state index contributed by atoms with van der Waals surface area (Å²) in [6.45, 7) is 0.361. The Balaban J connectivity index is 1.47. The zero-order chi connectivity index (χ0) is 21.3. The van der Waals surface area contributed by atoms with E-state index in [0.717, 1.165) is 24.1 Å². The number of carbonyl (C=O) groups excluding carboxylic acids is 2. The molecule has 1 saturated carbocycles.